The fraction of sp³-hybridized carbons (Fsp3) is 0.286. The number of hydrogen-bond acceptors (Lipinski definition) is 0. The highest BCUT2D eigenvalue weighted by molar-refractivity contribution is 5.51. The van der Waals surface area contributed by atoms with Crippen molar-refractivity contribution in [3.8, 4) is 12.3 Å². The number of allylic oxidation sites excluding steroid dienone is 7. The Morgan fingerprint density at radius 1 is 1.57 bits per heavy atom. The summed E-state index contributed by atoms with van der Waals surface area (Å²) in [5.41, 5.74) is 4.68. The highest BCUT2D eigenvalue weighted by Gasteiger charge is 2.09. The zero-order valence-electron chi connectivity index (χ0n) is 8.93. The van der Waals surface area contributed by atoms with Crippen LogP contribution in [-0.2, 0) is 0 Å². The maximum absolute atomic E-state index is 5.43. The summed E-state index contributed by atoms with van der Waals surface area (Å²) in [6.45, 7) is 8.11. The monoisotopic (exact) mass is 184 g/mol. The molecule has 0 atom stereocenters. The van der Waals surface area contributed by atoms with E-state index >= 15 is 0 Å². The van der Waals surface area contributed by atoms with Gasteiger partial charge in [-0.15, -0.1) is 6.42 Å². The first kappa shape index (κ1) is 10.6. The average Bonchev–Trinajstić information content (AvgIpc) is 2.19. The maximum Gasteiger partial charge on any atom is 0.0234 e. The summed E-state index contributed by atoms with van der Waals surface area (Å²) in [4.78, 5) is 0. The van der Waals surface area contributed by atoms with Crippen LogP contribution in [0.4, 0.5) is 0 Å². The highest BCUT2D eigenvalue weighted by Crippen LogP contribution is 2.27. The second-order valence-corrected chi connectivity index (χ2v) is 3.53. The van der Waals surface area contributed by atoms with Crippen LogP contribution in [0.3, 0.4) is 0 Å². The minimum atomic E-state index is 1.02. The second kappa shape index (κ2) is 4.67. The Bertz CT molecular complexity index is 367. The lowest BCUT2D eigenvalue weighted by molar-refractivity contribution is 0.910. The normalized spacial score (nSPS) is 16.8. The van der Waals surface area contributed by atoms with E-state index in [2.05, 4.69) is 25.5 Å². The lowest BCUT2D eigenvalue weighted by Crippen LogP contribution is -1.97. The molecule has 0 amide bonds. The van der Waals surface area contributed by atoms with Crippen LogP contribution >= 0.6 is 0 Å². The van der Waals surface area contributed by atoms with Crippen LogP contribution in [-0.4, -0.2) is 0 Å². The fourth-order valence-electron chi connectivity index (χ4n) is 1.55. The molecular weight excluding hydrogens is 168 g/mol. The van der Waals surface area contributed by atoms with Gasteiger partial charge < -0.3 is 0 Å². The molecule has 0 saturated heterocycles. The standard InChI is InChI=1S/C14H16/c1-5-7-11(3)14-9-8-12(4)13(6-2)10-14/h2,5,7,10H,3,8-9H2,1,4H3/b7-5-. The van der Waals surface area contributed by atoms with Crippen molar-refractivity contribution in [2.45, 2.75) is 26.7 Å². The number of hydrogen-bond donors (Lipinski definition) is 0. The summed E-state index contributed by atoms with van der Waals surface area (Å²) >= 11 is 0. The summed E-state index contributed by atoms with van der Waals surface area (Å²) in [7, 11) is 0. The van der Waals surface area contributed by atoms with Crippen molar-refractivity contribution >= 4 is 0 Å². The smallest absolute Gasteiger partial charge is 0.0234 e. The zero-order valence-corrected chi connectivity index (χ0v) is 8.93. The molecule has 0 aromatic heterocycles. The Balaban J connectivity index is 2.95. The molecule has 0 nitrogen and oxygen atoms in total. The van der Waals surface area contributed by atoms with Crippen molar-refractivity contribution in [3.63, 3.8) is 0 Å². The Labute approximate surface area is 86.7 Å². The van der Waals surface area contributed by atoms with Gasteiger partial charge >= 0.3 is 0 Å². The zero-order chi connectivity index (χ0) is 10.6. The van der Waals surface area contributed by atoms with E-state index < -0.39 is 0 Å². The molecule has 0 N–H and O–H groups in total. The summed E-state index contributed by atoms with van der Waals surface area (Å²) in [6.07, 6.45) is 13.7. The van der Waals surface area contributed by atoms with Crippen LogP contribution in [0.5, 0.6) is 0 Å². The molecule has 0 heterocycles. The van der Waals surface area contributed by atoms with E-state index in [0.717, 1.165) is 24.0 Å². The van der Waals surface area contributed by atoms with Crippen LogP contribution in [0.1, 0.15) is 26.7 Å². The predicted octanol–water partition coefficient (Wildman–Crippen LogP) is 3.79. The maximum atomic E-state index is 5.43. The molecular formula is C14H16. The van der Waals surface area contributed by atoms with Crippen LogP contribution in [0, 0.1) is 12.3 Å². The van der Waals surface area contributed by atoms with Gasteiger partial charge in [-0.1, -0.05) is 30.2 Å². The molecule has 0 aromatic carbocycles. The number of rotatable bonds is 2. The Hall–Kier alpha value is -1.48. The van der Waals surface area contributed by atoms with Gasteiger partial charge in [-0.2, -0.15) is 0 Å². The molecule has 1 aliphatic rings. The molecule has 0 radical (unpaired) electrons. The highest BCUT2D eigenvalue weighted by atomic mass is 14.1. The van der Waals surface area contributed by atoms with Gasteiger partial charge in [0.25, 0.3) is 0 Å². The molecule has 72 valence electrons. The molecule has 1 aliphatic carbocycles. The van der Waals surface area contributed by atoms with Crippen molar-refractivity contribution in [2.75, 3.05) is 0 Å². The van der Waals surface area contributed by atoms with Gasteiger partial charge in [0.15, 0.2) is 0 Å². The molecule has 0 unspecified atom stereocenters. The van der Waals surface area contributed by atoms with Gasteiger partial charge in [0.2, 0.25) is 0 Å². The largest absolute Gasteiger partial charge is 0.115 e. The molecule has 1 rings (SSSR count). The summed E-state index contributed by atoms with van der Waals surface area (Å²) in [5, 5.41) is 0. The van der Waals surface area contributed by atoms with E-state index in [1.807, 2.05) is 19.1 Å². The van der Waals surface area contributed by atoms with Crippen LogP contribution in [0.25, 0.3) is 0 Å². The van der Waals surface area contributed by atoms with E-state index in [0.29, 0.717) is 0 Å². The molecule has 0 spiro atoms. The molecule has 0 fully saturated rings. The number of terminal acetylenes is 1. The topological polar surface area (TPSA) is 0 Å². The van der Waals surface area contributed by atoms with E-state index in [4.69, 9.17) is 6.42 Å². The second-order valence-electron chi connectivity index (χ2n) is 3.53. The Morgan fingerprint density at radius 3 is 2.86 bits per heavy atom. The SMILES string of the molecule is C#CC1=C(C)CCC(C(=C)/C=C\C)=C1. The van der Waals surface area contributed by atoms with Gasteiger partial charge in [-0.3, -0.25) is 0 Å². The first-order valence-corrected chi connectivity index (χ1v) is 4.88. The van der Waals surface area contributed by atoms with Gasteiger partial charge in [0.05, 0.1) is 0 Å². The Kier molecular flexibility index (Phi) is 3.54. The van der Waals surface area contributed by atoms with E-state index in [-0.39, 0.29) is 0 Å². The summed E-state index contributed by atoms with van der Waals surface area (Å²) in [5.74, 6) is 2.72. The van der Waals surface area contributed by atoms with Crippen LogP contribution in [0.2, 0.25) is 0 Å². The lowest BCUT2D eigenvalue weighted by Gasteiger charge is -2.15. The molecule has 0 saturated carbocycles. The third kappa shape index (κ3) is 2.26. The molecule has 0 aromatic rings. The van der Waals surface area contributed by atoms with E-state index in [9.17, 15) is 0 Å². The van der Waals surface area contributed by atoms with Crippen molar-refractivity contribution in [3.05, 3.63) is 47.1 Å². The van der Waals surface area contributed by atoms with Crippen molar-refractivity contribution < 1.29 is 0 Å². The quantitative estimate of drug-likeness (QED) is 0.452. The Morgan fingerprint density at radius 2 is 2.29 bits per heavy atom. The average molecular weight is 184 g/mol. The van der Waals surface area contributed by atoms with Gasteiger partial charge in [0, 0.05) is 5.57 Å². The first-order chi connectivity index (χ1) is 6.69. The molecule has 0 heteroatoms. The minimum absolute atomic E-state index is 1.02. The summed E-state index contributed by atoms with van der Waals surface area (Å²) < 4.78 is 0. The molecule has 14 heavy (non-hydrogen) atoms. The fourth-order valence-corrected chi connectivity index (χ4v) is 1.55. The van der Waals surface area contributed by atoms with Crippen molar-refractivity contribution in [2.24, 2.45) is 0 Å². The van der Waals surface area contributed by atoms with Gasteiger partial charge in [-0.05, 0) is 43.9 Å². The molecule has 0 aliphatic heterocycles. The van der Waals surface area contributed by atoms with E-state index in [1.54, 1.807) is 0 Å². The molecule has 0 bridgehead atoms. The minimum Gasteiger partial charge on any atom is -0.115 e. The summed E-state index contributed by atoms with van der Waals surface area (Å²) in [6, 6.07) is 0. The third-order valence-corrected chi connectivity index (χ3v) is 2.48. The van der Waals surface area contributed by atoms with Crippen LogP contribution in [0.15, 0.2) is 47.1 Å². The van der Waals surface area contributed by atoms with Crippen molar-refractivity contribution in [1.29, 1.82) is 0 Å². The third-order valence-electron chi connectivity index (χ3n) is 2.48. The first-order valence-electron chi connectivity index (χ1n) is 4.88. The van der Waals surface area contributed by atoms with Gasteiger partial charge in [-0.25, -0.2) is 0 Å². The predicted molar refractivity (Wildman–Crippen MR) is 62.8 cm³/mol. The van der Waals surface area contributed by atoms with Crippen LogP contribution < -0.4 is 0 Å². The van der Waals surface area contributed by atoms with Crippen molar-refractivity contribution in [1.82, 2.24) is 0 Å². The van der Waals surface area contributed by atoms with E-state index in [1.165, 1.54) is 11.1 Å². The van der Waals surface area contributed by atoms with Gasteiger partial charge in [0.1, 0.15) is 0 Å². The lowest BCUT2D eigenvalue weighted by atomic mass is 9.90.